The first-order chi connectivity index (χ1) is 15.6. The van der Waals surface area contributed by atoms with Crippen LogP contribution in [-0.4, -0.2) is 35.7 Å². The number of carbonyl (C=O) groups is 2. The van der Waals surface area contributed by atoms with Crippen LogP contribution in [0.1, 0.15) is 59.5 Å². The zero-order valence-corrected chi connectivity index (χ0v) is 18.4. The molecule has 0 amide bonds. The lowest BCUT2D eigenvalue weighted by Crippen LogP contribution is -2.08. The van der Waals surface area contributed by atoms with Crippen molar-refractivity contribution in [1.82, 2.24) is 9.55 Å². The number of carbonyl (C=O) groups excluding carboxylic acids is 2. The molecule has 2 aliphatic rings. The van der Waals surface area contributed by atoms with E-state index < -0.39 is 0 Å². The molecule has 0 unspecified atom stereocenters. The zero-order chi connectivity index (χ0) is 22.2. The fraction of sp³-hybridized carbons (Fsp3) is 0.346. The third kappa shape index (κ3) is 3.30. The standard InChI is InChI=1S/C26H26N2O4/c1-31-25(29)18-8-9-20-22(13-18)28-15-19(26(30)32-2)12-17-10-11-27-14-21(17)24(28)23(20)16-6-4-3-5-7-16/h8-11,13-16H,3-7,12H2,1-2H3. The van der Waals surface area contributed by atoms with Crippen LogP contribution in [0.4, 0.5) is 0 Å². The number of fused-ring (bicyclic) bond motifs is 5. The quantitative estimate of drug-likeness (QED) is 0.540. The van der Waals surface area contributed by atoms with Crippen LogP contribution < -0.4 is 0 Å². The molecule has 1 aromatic carbocycles. The van der Waals surface area contributed by atoms with Crippen LogP contribution in [0.25, 0.3) is 28.4 Å². The number of pyridine rings is 1. The summed E-state index contributed by atoms with van der Waals surface area (Å²) in [4.78, 5) is 29.3. The fourth-order valence-corrected chi connectivity index (χ4v) is 5.25. The molecule has 0 bridgehead atoms. The molecule has 3 heterocycles. The Balaban J connectivity index is 1.87. The second-order valence-electron chi connectivity index (χ2n) is 8.55. The summed E-state index contributed by atoms with van der Waals surface area (Å²) in [6.45, 7) is 0. The zero-order valence-electron chi connectivity index (χ0n) is 18.4. The first-order valence-electron chi connectivity index (χ1n) is 11.1. The molecule has 0 saturated heterocycles. The van der Waals surface area contributed by atoms with Gasteiger partial charge in [0.05, 0.1) is 36.6 Å². The van der Waals surface area contributed by atoms with E-state index in [4.69, 9.17) is 9.47 Å². The molecule has 0 atom stereocenters. The number of esters is 2. The highest BCUT2D eigenvalue weighted by molar-refractivity contribution is 6.02. The number of methoxy groups -OCH3 is 2. The number of rotatable bonds is 3. The molecule has 2 aromatic heterocycles. The largest absolute Gasteiger partial charge is 0.466 e. The predicted molar refractivity (Wildman–Crippen MR) is 122 cm³/mol. The molecule has 164 valence electrons. The first-order valence-corrected chi connectivity index (χ1v) is 11.1. The normalized spacial score (nSPS) is 16.0. The van der Waals surface area contributed by atoms with Crippen LogP contribution in [0.2, 0.25) is 0 Å². The average Bonchev–Trinajstić information content (AvgIpc) is 3.05. The smallest absolute Gasteiger partial charge is 0.337 e. The molecule has 6 heteroatoms. The molecule has 1 fully saturated rings. The summed E-state index contributed by atoms with van der Waals surface area (Å²) in [6.07, 6.45) is 11.9. The number of benzene rings is 1. The van der Waals surface area contributed by atoms with E-state index in [0.29, 0.717) is 23.5 Å². The second kappa shape index (κ2) is 8.26. The third-order valence-electron chi connectivity index (χ3n) is 6.76. The Hall–Kier alpha value is -3.41. The van der Waals surface area contributed by atoms with E-state index in [9.17, 15) is 9.59 Å². The second-order valence-corrected chi connectivity index (χ2v) is 8.55. The van der Waals surface area contributed by atoms with Crippen molar-refractivity contribution in [1.29, 1.82) is 0 Å². The summed E-state index contributed by atoms with van der Waals surface area (Å²) in [5.41, 5.74) is 6.36. The highest BCUT2D eigenvalue weighted by Crippen LogP contribution is 2.46. The van der Waals surface area contributed by atoms with Gasteiger partial charge in [-0.2, -0.15) is 0 Å². The number of hydrogen-bond donors (Lipinski definition) is 0. The summed E-state index contributed by atoms with van der Waals surface area (Å²) in [6, 6.07) is 7.69. The van der Waals surface area contributed by atoms with Crippen LogP contribution in [0, 0.1) is 0 Å². The summed E-state index contributed by atoms with van der Waals surface area (Å²) in [5, 5.41) is 1.11. The Morgan fingerprint density at radius 2 is 1.81 bits per heavy atom. The van der Waals surface area contributed by atoms with E-state index in [-0.39, 0.29) is 11.9 Å². The topological polar surface area (TPSA) is 70.4 Å². The van der Waals surface area contributed by atoms with Crippen LogP contribution >= 0.6 is 0 Å². The van der Waals surface area contributed by atoms with Crippen molar-refractivity contribution < 1.29 is 19.1 Å². The minimum Gasteiger partial charge on any atom is -0.466 e. The molecule has 0 N–H and O–H groups in total. The number of ether oxygens (including phenoxy) is 2. The summed E-state index contributed by atoms with van der Waals surface area (Å²) >= 11 is 0. The van der Waals surface area contributed by atoms with Gasteiger partial charge in [0.2, 0.25) is 0 Å². The lowest BCUT2D eigenvalue weighted by Gasteiger charge is -2.23. The Morgan fingerprint density at radius 1 is 1.03 bits per heavy atom. The highest BCUT2D eigenvalue weighted by Gasteiger charge is 2.30. The molecule has 1 aliphatic carbocycles. The van der Waals surface area contributed by atoms with Crippen molar-refractivity contribution in [3.05, 3.63) is 58.9 Å². The molecular formula is C26H26N2O4. The van der Waals surface area contributed by atoms with Gasteiger partial charge in [-0.1, -0.05) is 25.3 Å². The van der Waals surface area contributed by atoms with Crippen molar-refractivity contribution in [3.63, 3.8) is 0 Å². The van der Waals surface area contributed by atoms with Gasteiger partial charge >= 0.3 is 11.9 Å². The summed E-state index contributed by atoms with van der Waals surface area (Å²) in [7, 11) is 2.79. The van der Waals surface area contributed by atoms with Crippen molar-refractivity contribution in [2.75, 3.05) is 14.2 Å². The van der Waals surface area contributed by atoms with E-state index in [1.807, 2.05) is 36.7 Å². The molecule has 6 nitrogen and oxygen atoms in total. The average molecular weight is 431 g/mol. The van der Waals surface area contributed by atoms with Crippen molar-refractivity contribution in [3.8, 4) is 11.3 Å². The van der Waals surface area contributed by atoms with E-state index in [1.54, 1.807) is 6.20 Å². The lowest BCUT2D eigenvalue weighted by atomic mass is 9.81. The highest BCUT2D eigenvalue weighted by atomic mass is 16.5. The van der Waals surface area contributed by atoms with E-state index in [0.717, 1.165) is 40.6 Å². The van der Waals surface area contributed by atoms with Crippen LogP contribution in [0.3, 0.4) is 0 Å². The van der Waals surface area contributed by atoms with Crippen molar-refractivity contribution in [2.24, 2.45) is 0 Å². The van der Waals surface area contributed by atoms with Gasteiger partial charge in [0, 0.05) is 36.0 Å². The fourth-order valence-electron chi connectivity index (χ4n) is 5.25. The Kier molecular flexibility index (Phi) is 5.29. The minimum absolute atomic E-state index is 0.356. The maximum absolute atomic E-state index is 12.6. The maximum Gasteiger partial charge on any atom is 0.337 e. The molecule has 1 aliphatic heterocycles. The Bertz CT molecular complexity index is 1250. The van der Waals surface area contributed by atoms with Gasteiger partial charge in [-0.15, -0.1) is 0 Å². The molecule has 32 heavy (non-hydrogen) atoms. The molecule has 1 saturated carbocycles. The first kappa shape index (κ1) is 20.5. The van der Waals surface area contributed by atoms with E-state index in [1.165, 1.54) is 39.0 Å². The SMILES string of the molecule is COC(=O)C1=Cn2c(c(C3CCCCC3)c3ccc(C(=O)OC)cc32)-c2cnccc2C1. The molecule has 3 aromatic rings. The van der Waals surface area contributed by atoms with Crippen LogP contribution in [0.15, 0.2) is 42.2 Å². The molecule has 0 radical (unpaired) electrons. The van der Waals surface area contributed by atoms with E-state index >= 15 is 0 Å². The van der Waals surface area contributed by atoms with Gasteiger partial charge in [0.25, 0.3) is 0 Å². The predicted octanol–water partition coefficient (Wildman–Crippen LogP) is 5.11. The van der Waals surface area contributed by atoms with E-state index in [2.05, 4.69) is 9.55 Å². The number of aromatic nitrogens is 2. The van der Waals surface area contributed by atoms with Crippen molar-refractivity contribution in [2.45, 2.75) is 44.4 Å². The minimum atomic E-state index is -0.380. The van der Waals surface area contributed by atoms with Gasteiger partial charge in [-0.05, 0) is 48.1 Å². The third-order valence-corrected chi connectivity index (χ3v) is 6.76. The van der Waals surface area contributed by atoms with Crippen molar-refractivity contribution >= 4 is 29.0 Å². The number of hydrogen-bond acceptors (Lipinski definition) is 5. The molecular weight excluding hydrogens is 404 g/mol. The lowest BCUT2D eigenvalue weighted by molar-refractivity contribution is -0.136. The summed E-state index contributed by atoms with van der Waals surface area (Å²) < 4.78 is 12.1. The Labute approximate surface area is 186 Å². The van der Waals surface area contributed by atoms with Gasteiger partial charge in [0.15, 0.2) is 0 Å². The van der Waals surface area contributed by atoms with Gasteiger partial charge in [0.1, 0.15) is 0 Å². The number of nitrogens with zero attached hydrogens (tertiary/aromatic N) is 2. The maximum atomic E-state index is 12.6. The van der Waals surface area contributed by atoms with Gasteiger partial charge < -0.3 is 14.0 Å². The molecule has 0 spiro atoms. The van der Waals surface area contributed by atoms with Crippen LogP contribution in [-0.2, 0) is 20.7 Å². The monoisotopic (exact) mass is 430 g/mol. The van der Waals surface area contributed by atoms with Gasteiger partial charge in [-0.25, -0.2) is 9.59 Å². The van der Waals surface area contributed by atoms with Gasteiger partial charge in [-0.3, -0.25) is 4.98 Å². The Morgan fingerprint density at radius 3 is 2.56 bits per heavy atom. The molecule has 5 rings (SSSR count). The van der Waals surface area contributed by atoms with Crippen LogP contribution in [0.5, 0.6) is 0 Å². The summed E-state index contributed by atoms with van der Waals surface area (Å²) in [5.74, 6) is -0.312.